The number of halogens is 3. The van der Waals surface area contributed by atoms with Crippen LogP contribution >= 0.6 is 23.1 Å². The maximum atomic E-state index is 12.7. The number of thiophene rings is 1. The summed E-state index contributed by atoms with van der Waals surface area (Å²) in [6.07, 6.45) is -4.75. The van der Waals surface area contributed by atoms with Crippen molar-refractivity contribution in [1.29, 1.82) is 0 Å². The number of thioether (sulfide) groups is 1. The lowest BCUT2D eigenvalue weighted by Crippen LogP contribution is -2.15. The predicted molar refractivity (Wildman–Crippen MR) is 75.4 cm³/mol. The van der Waals surface area contributed by atoms with E-state index in [4.69, 9.17) is 5.11 Å². The molecule has 2 heterocycles. The molecule has 0 spiro atoms. The van der Waals surface area contributed by atoms with E-state index in [-0.39, 0.29) is 0 Å². The number of carboxylic acids is 1. The maximum absolute atomic E-state index is 12.7. The van der Waals surface area contributed by atoms with E-state index >= 15 is 0 Å². The van der Waals surface area contributed by atoms with Crippen molar-refractivity contribution >= 4 is 34.2 Å². The molecule has 2 rings (SSSR count). The van der Waals surface area contributed by atoms with E-state index in [1.54, 1.807) is 18.4 Å². The summed E-state index contributed by atoms with van der Waals surface area (Å²) >= 11 is 1.90. The number of nitrogens with zero attached hydrogens (tertiary/aromatic N) is 1. The number of rotatable bonds is 3. The lowest BCUT2D eigenvalue weighted by Gasteiger charge is -2.09. The zero-order chi connectivity index (χ0) is 16.5. The van der Waals surface area contributed by atoms with Gasteiger partial charge in [-0.15, -0.1) is 11.3 Å². The van der Waals surface area contributed by atoms with Crippen LogP contribution in [0.5, 0.6) is 0 Å². The lowest BCUT2D eigenvalue weighted by molar-refractivity contribution is -0.141. The van der Waals surface area contributed by atoms with E-state index in [0.717, 1.165) is 11.6 Å². The molecule has 2 aromatic heterocycles. The quantitative estimate of drug-likeness (QED) is 0.847. The number of carbonyl (C=O) groups excluding carboxylic acids is 1. The van der Waals surface area contributed by atoms with E-state index in [0.29, 0.717) is 22.0 Å². The molecule has 0 saturated heterocycles. The Bertz CT molecular complexity index is 740. The topological polar surface area (TPSA) is 67.3 Å². The van der Waals surface area contributed by atoms with Crippen LogP contribution in [0.3, 0.4) is 0 Å². The van der Waals surface area contributed by atoms with Crippen LogP contribution in [-0.2, 0) is 6.18 Å². The average Bonchev–Trinajstić information content (AvgIpc) is 2.82. The molecule has 0 bridgehead atoms. The molecule has 116 valence electrons. The number of aromatic carboxylic acids is 1. The Morgan fingerprint density at radius 3 is 2.50 bits per heavy atom. The molecule has 0 unspecified atom stereocenters. The lowest BCUT2D eigenvalue weighted by atomic mass is 10.2. The van der Waals surface area contributed by atoms with E-state index in [1.807, 2.05) is 0 Å². The maximum Gasteiger partial charge on any atom is 0.433 e. The highest BCUT2D eigenvalue weighted by Gasteiger charge is 2.34. The molecule has 22 heavy (non-hydrogen) atoms. The number of hydrogen-bond acceptors (Lipinski definition) is 5. The molecule has 0 amide bonds. The van der Waals surface area contributed by atoms with Gasteiger partial charge in [-0.05, 0) is 47.8 Å². The van der Waals surface area contributed by atoms with Gasteiger partial charge in [0.05, 0.1) is 9.77 Å². The van der Waals surface area contributed by atoms with Gasteiger partial charge in [-0.3, -0.25) is 4.79 Å². The van der Waals surface area contributed by atoms with Gasteiger partial charge >= 0.3 is 12.1 Å². The van der Waals surface area contributed by atoms with Crippen molar-refractivity contribution in [3.63, 3.8) is 0 Å². The minimum Gasteiger partial charge on any atom is -0.478 e. The normalized spacial score (nSPS) is 11.5. The molecular weight excluding hydrogens is 339 g/mol. The summed E-state index contributed by atoms with van der Waals surface area (Å²) in [5.41, 5.74) is -1.67. The smallest absolute Gasteiger partial charge is 0.433 e. The zero-order valence-electron chi connectivity index (χ0n) is 11.0. The van der Waals surface area contributed by atoms with Crippen LogP contribution in [0.4, 0.5) is 13.2 Å². The molecule has 0 aliphatic rings. The highest BCUT2D eigenvalue weighted by atomic mass is 32.2. The highest BCUT2D eigenvalue weighted by Crippen LogP contribution is 2.32. The molecular formula is C13H8F3NO3S2. The number of aromatic nitrogens is 1. The van der Waals surface area contributed by atoms with Crippen molar-refractivity contribution in [3.8, 4) is 0 Å². The minimum atomic E-state index is -4.75. The molecule has 2 aromatic rings. The van der Waals surface area contributed by atoms with Crippen molar-refractivity contribution in [2.24, 2.45) is 0 Å². The SMILES string of the molecule is Cc1csc(SC(=O)c2nc(C(F)(F)F)ccc2C(=O)O)c1. The fourth-order valence-corrected chi connectivity index (χ4v) is 3.41. The van der Waals surface area contributed by atoms with Crippen LogP contribution in [0.1, 0.15) is 32.1 Å². The van der Waals surface area contributed by atoms with Crippen LogP contribution in [0, 0.1) is 6.92 Å². The predicted octanol–water partition coefficient (Wildman–Crippen LogP) is 4.10. The standard InChI is InChI=1S/C13H8F3NO3S2/c1-6-4-9(21-5-6)22-12(20)10-7(11(18)19)2-3-8(17-10)13(14,15)16/h2-5H,1H3,(H,18,19). The Hall–Kier alpha value is -1.87. The number of hydrogen-bond donors (Lipinski definition) is 1. The molecule has 0 aliphatic heterocycles. The fourth-order valence-electron chi connectivity index (χ4n) is 1.54. The summed E-state index contributed by atoms with van der Waals surface area (Å²) in [5.74, 6) is -1.51. The third-order valence-electron chi connectivity index (χ3n) is 2.51. The fraction of sp³-hybridized carbons (Fsp3) is 0.154. The van der Waals surface area contributed by atoms with Crippen molar-refractivity contribution in [2.45, 2.75) is 17.3 Å². The summed E-state index contributed by atoms with van der Waals surface area (Å²) in [6.45, 7) is 1.80. The van der Waals surface area contributed by atoms with Crippen LogP contribution in [0.2, 0.25) is 0 Å². The second kappa shape index (κ2) is 6.09. The van der Waals surface area contributed by atoms with Gasteiger partial charge in [0.25, 0.3) is 0 Å². The molecule has 0 atom stereocenters. The highest BCUT2D eigenvalue weighted by molar-refractivity contribution is 8.15. The van der Waals surface area contributed by atoms with Crippen LogP contribution in [0.15, 0.2) is 27.8 Å². The minimum absolute atomic E-state index is 0.542. The van der Waals surface area contributed by atoms with Crippen molar-refractivity contribution in [2.75, 3.05) is 0 Å². The van der Waals surface area contributed by atoms with Crippen molar-refractivity contribution < 1.29 is 27.9 Å². The van der Waals surface area contributed by atoms with Crippen LogP contribution in [-0.4, -0.2) is 21.2 Å². The summed E-state index contributed by atoms with van der Waals surface area (Å²) in [7, 11) is 0. The Kier molecular flexibility index (Phi) is 4.57. The van der Waals surface area contributed by atoms with Gasteiger partial charge in [0.15, 0.2) is 0 Å². The Labute approximate surface area is 131 Å². The summed E-state index contributed by atoms with van der Waals surface area (Å²) < 4.78 is 38.6. The van der Waals surface area contributed by atoms with Gasteiger partial charge in [0.1, 0.15) is 11.4 Å². The van der Waals surface area contributed by atoms with Crippen LogP contribution in [0.25, 0.3) is 0 Å². The second-order valence-corrected chi connectivity index (χ2v) is 6.41. The molecule has 0 saturated carbocycles. The second-order valence-electron chi connectivity index (χ2n) is 4.23. The van der Waals surface area contributed by atoms with E-state index in [2.05, 4.69) is 4.98 Å². The molecule has 0 radical (unpaired) electrons. The number of carboxylic acid groups (broad SMARTS) is 1. The van der Waals surface area contributed by atoms with Gasteiger partial charge in [0, 0.05) is 0 Å². The Morgan fingerprint density at radius 1 is 1.32 bits per heavy atom. The third kappa shape index (κ3) is 3.66. The first-order valence-corrected chi connectivity index (χ1v) is 7.47. The van der Waals surface area contributed by atoms with E-state index in [1.165, 1.54) is 11.3 Å². The van der Waals surface area contributed by atoms with E-state index in [9.17, 15) is 22.8 Å². The molecule has 0 fully saturated rings. The Balaban J connectivity index is 2.42. The third-order valence-corrected chi connectivity index (χ3v) is 4.59. The van der Waals surface area contributed by atoms with Gasteiger partial charge in [-0.1, -0.05) is 0 Å². The first-order valence-electron chi connectivity index (χ1n) is 5.77. The zero-order valence-corrected chi connectivity index (χ0v) is 12.6. The number of alkyl halides is 3. The number of aryl methyl sites for hydroxylation is 1. The van der Waals surface area contributed by atoms with Crippen LogP contribution < -0.4 is 0 Å². The van der Waals surface area contributed by atoms with Gasteiger partial charge in [-0.2, -0.15) is 13.2 Å². The van der Waals surface area contributed by atoms with Gasteiger partial charge in [0.2, 0.25) is 5.12 Å². The molecule has 0 aromatic carbocycles. The molecule has 9 heteroatoms. The first-order chi connectivity index (χ1) is 10.2. The number of carbonyl (C=O) groups is 2. The molecule has 1 N–H and O–H groups in total. The summed E-state index contributed by atoms with van der Waals surface area (Å²) in [6, 6.07) is 2.97. The molecule has 0 aliphatic carbocycles. The average molecular weight is 347 g/mol. The first kappa shape index (κ1) is 16.5. The van der Waals surface area contributed by atoms with Gasteiger partial charge in [-0.25, -0.2) is 9.78 Å². The largest absolute Gasteiger partial charge is 0.478 e. The van der Waals surface area contributed by atoms with E-state index < -0.39 is 34.2 Å². The summed E-state index contributed by atoms with van der Waals surface area (Å²) in [5, 5.41) is 9.93. The Morgan fingerprint density at radius 2 is 2.00 bits per heavy atom. The monoisotopic (exact) mass is 347 g/mol. The van der Waals surface area contributed by atoms with Crippen molar-refractivity contribution in [1.82, 2.24) is 4.98 Å². The molecule has 4 nitrogen and oxygen atoms in total. The van der Waals surface area contributed by atoms with Gasteiger partial charge < -0.3 is 5.11 Å². The summed E-state index contributed by atoms with van der Waals surface area (Å²) in [4.78, 5) is 26.4. The number of pyridine rings is 1. The van der Waals surface area contributed by atoms with Crippen molar-refractivity contribution in [3.05, 3.63) is 46.1 Å².